The van der Waals surface area contributed by atoms with E-state index in [4.69, 9.17) is 9.72 Å². The van der Waals surface area contributed by atoms with E-state index < -0.39 is 12.1 Å². The number of nitrogens with one attached hydrogen (secondary N) is 1. The van der Waals surface area contributed by atoms with Crippen LogP contribution in [0.2, 0.25) is 0 Å². The quantitative estimate of drug-likeness (QED) is 0.535. The molecule has 3 aliphatic rings. The van der Waals surface area contributed by atoms with Crippen molar-refractivity contribution >= 4 is 34.1 Å². The number of rotatable bonds is 7. The van der Waals surface area contributed by atoms with Crippen molar-refractivity contribution in [2.45, 2.75) is 59.2 Å². The van der Waals surface area contributed by atoms with Crippen LogP contribution >= 0.6 is 11.3 Å². The summed E-state index contributed by atoms with van der Waals surface area (Å²) in [7, 11) is 2.14. The fourth-order valence-electron chi connectivity index (χ4n) is 6.07. The lowest BCUT2D eigenvalue weighted by Crippen LogP contribution is -2.54. The SMILES string of the molecule is CC[C@H](C)[C@H](NC(=O)c1ccc(-c2csc(N3CCN(C)CC3)n2)cc1)C(=O)N1C[C@H](C(C)(C)C)[C@H]2OCC(=O)[C@H]21. The van der Waals surface area contributed by atoms with Gasteiger partial charge < -0.3 is 24.8 Å². The molecule has 4 heterocycles. The second kappa shape index (κ2) is 11.8. The van der Waals surface area contributed by atoms with Crippen LogP contribution in [-0.2, 0) is 14.3 Å². The molecule has 10 heteroatoms. The minimum absolute atomic E-state index is 0.0360. The third kappa shape index (κ3) is 6.05. The highest BCUT2D eigenvalue weighted by molar-refractivity contribution is 7.14. The molecule has 3 fully saturated rings. The van der Waals surface area contributed by atoms with E-state index in [1.54, 1.807) is 28.4 Å². The van der Waals surface area contributed by atoms with E-state index in [2.05, 4.69) is 48.3 Å². The lowest BCUT2D eigenvalue weighted by Gasteiger charge is -2.32. The summed E-state index contributed by atoms with van der Waals surface area (Å²) in [6.45, 7) is 14.8. The van der Waals surface area contributed by atoms with Gasteiger partial charge in [-0.15, -0.1) is 11.3 Å². The molecule has 0 saturated carbocycles. The third-order valence-electron chi connectivity index (χ3n) is 9.05. The van der Waals surface area contributed by atoms with E-state index in [-0.39, 0.29) is 47.6 Å². The number of Topliss-reactive ketones (excluding diaryl/α,β-unsaturated/α-hetero) is 1. The Bertz CT molecular complexity index is 1260. The molecule has 1 aromatic carbocycles. The summed E-state index contributed by atoms with van der Waals surface area (Å²) in [5.74, 6) is -0.616. The van der Waals surface area contributed by atoms with Gasteiger partial charge in [0.15, 0.2) is 10.9 Å². The molecule has 2 aromatic rings. The molecule has 2 amide bonds. The van der Waals surface area contributed by atoms with Crippen LogP contribution in [0.1, 0.15) is 51.4 Å². The number of hydrogen-bond acceptors (Lipinski definition) is 8. The van der Waals surface area contributed by atoms with Gasteiger partial charge in [-0.25, -0.2) is 4.98 Å². The van der Waals surface area contributed by atoms with E-state index >= 15 is 0 Å². The number of thiazole rings is 1. The number of amides is 2. The summed E-state index contributed by atoms with van der Waals surface area (Å²) in [4.78, 5) is 51.3. The van der Waals surface area contributed by atoms with Crippen molar-refractivity contribution < 1.29 is 19.1 Å². The van der Waals surface area contributed by atoms with E-state index in [1.165, 1.54) is 0 Å². The molecule has 0 radical (unpaired) electrons. The largest absolute Gasteiger partial charge is 0.367 e. The standard InChI is InChI=1S/C31H43N5O4S/c1-7-19(2)25(29(39)36-16-22(31(3,4)5)27-26(36)24(37)17-40-27)33-28(38)21-10-8-20(9-11-21)23-18-41-30(32-23)35-14-12-34(6)13-15-35/h8-11,18-19,22,25-27H,7,12-17H2,1-6H3,(H,33,38)/t19-,22-,25-,26+,27+/m0/s1. The summed E-state index contributed by atoms with van der Waals surface area (Å²) in [5.41, 5.74) is 2.20. The molecule has 3 saturated heterocycles. The molecule has 5 rings (SSSR count). The maximum absolute atomic E-state index is 14.0. The van der Waals surface area contributed by atoms with Gasteiger partial charge in [-0.05, 0) is 30.5 Å². The molecule has 0 spiro atoms. The van der Waals surface area contributed by atoms with Gasteiger partial charge in [-0.3, -0.25) is 14.4 Å². The highest BCUT2D eigenvalue weighted by atomic mass is 32.1. The minimum atomic E-state index is -0.732. The van der Waals surface area contributed by atoms with Crippen molar-refractivity contribution in [1.82, 2.24) is 20.1 Å². The van der Waals surface area contributed by atoms with Gasteiger partial charge in [0.1, 0.15) is 18.7 Å². The van der Waals surface area contributed by atoms with Gasteiger partial charge in [0.05, 0.1) is 11.8 Å². The predicted octanol–water partition coefficient (Wildman–Crippen LogP) is 3.55. The van der Waals surface area contributed by atoms with Crippen LogP contribution in [0.4, 0.5) is 5.13 Å². The Morgan fingerprint density at radius 2 is 1.83 bits per heavy atom. The van der Waals surface area contributed by atoms with Crippen molar-refractivity contribution in [3.63, 3.8) is 0 Å². The molecule has 0 bridgehead atoms. The summed E-state index contributed by atoms with van der Waals surface area (Å²) in [6.07, 6.45) is 0.416. The van der Waals surface area contributed by atoms with Gasteiger partial charge in [0, 0.05) is 55.1 Å². The summed E-state index contributed by atoms with van der Waals surface area (Å²) in [6, 6.07) is 6.07. The predicted molar refractivity (Wildman–Crippen MR) is 161 cm³/mol. The Morgan fingerprint density at radius 3 is 2.46 bits per heavy atom. The number of hydrogen-bond donors (Lipinski definition) is 1. The van der Waals surface area contributed by atoms with E-state index in [0.717, 1.165) is 42.6 Å². The Kier molecular flexibility index (Phi) is 8.55. The van der Waals surface area contributed by atoms with E-state index in [0.29, 0.717) is 18.5 Å². The van der Waals surface area contributed by atoms with Crippen molar-refractivity contribution in [3.8, 4) is 11.3 Å². The van der Waals surface area contributed by atoms with Crippen LogP contribution in [0.3, 0.4) is 0 Å². The van der Waals surface area contributed by atoms with Crippen LogP contribution in [0, 0.1) is 17.3 Å². The van der Waals surface area contributed by atoms with Crippen LogP contribution in [-0.4, -0.2) is 96.9 Å². The summed E-state index contributed by atoms with van der Waals surface area (Å²) in [5, 5.41) is 6.09. The monoisotopic (exact) mass is 581 g/mol. The van der Waals surface area contributed by atoms with Crippen molar-refractivity contribution in [2.24, 2.45) is 17.3 Å². The first-order chi connectivity index (χ1) is 19.5. The number of benzene rings is 1. The average molecular weight is 582 g/mol. The summed E-state index contributed by atoms with van der Waals surface area (Å²) >= 11 is 1.64. The van der Waals surface area contributed by atoms with Crippen LogP contribution in [0.25, 0.3) is 11.3 Å². The van der Waals surface area contributed by atoms with Crippen LogP contribution in [0.5, 0.6) is 0 Å². The summed E-state index contributed by atoms with van der Waals surface area (Å²) < 4.78 is 5.87. The number of ether oxygens (including phenoxy) is 1. The van der Waals surface area contributed by atoms with Crippen LogP contribution in [0.15, 0.2) is 29.6 Å². The zero-order valence-corrected chi connectivity index (χ0v) is 25.9. The number of piperazine rings is 1. The Morgan fingerprint density at radius 1 is 1.15 bits per heavy atom. The fraction of sp³-hybridized carbons (Fsp3) is 0.613. The van der Waals surface area contributed by atoms with Gasteiger partial charge >= 0.3 is 0 Å². The van der Waals surface area contributed by atoms with Crippen molar-refractivity contribution in [2.75, 3.05) is 51.3 Å². The molecule has 9 nitrogen and oxygen atoms in total. The lowest BCUT2D eigenvalue weighted by molar-refractivity contribution is -0.139. The van der Waals surface area contributed by atoms with Crippen LogP contribution < -0.4 is 10.2 Å². The molecule has 222 valence electrons. The lowest BCUT2D eigenvalue weighted by atomic mass is 9.78. The minimum Gasteiger partial charge on any atom is -0.367 e. The molecule has 1 aromatic heterocycles. The molecule has 0 unspecified atom stereocenters. The maximum atomic E-state index is 14.0. The number of carbonyl (C=O) groups is 3. The number of likely N-dealkylation sites (N-methyl/N-ethyl adjacent to an activating group) is 1. The molecule has 0 aliphatic carbocycles. The number of nitrogens with zero attached hydrogens (tertiary/aromatic N) is 4. The second-order valence-corrected chi connectivity index (χ2v) is 13.7. The molecular formula is C31H43N5O4S. The average Bonchev–Trinajstić information content (AvgIpc) is 3.68. The maximum Gasteiger partial charge on any atom is 0.251 e. The van der Waals surface area contributed by atoms with Gasteiger partial charge in [-0.2, -0.15) is 0 Å². The second-order valence-electron chi connectivity index (χ2n) is 12.9. The number of aromatic nitrogens is 1. The third-order valence-corrected chi connectivity index (χ3v) is 9.96. The molecule has 3 aliphatic heterocycles. The first-order valence-electron chi connectivity index (χ1n) is 14.7. The van der Waals surface area contributed by atoms with E-state index in [9.17, 15) is 14.4 Å². The van der Waals surface area contributed by atoms with Gasteiger partial charge in [0.25, 0.3) is 5.91 Å². The highest BCUT2D eigenvalue weighted by Crippen LogP contribution is 2.42. The first-order valence-corrected chi connectivity index (χ1v) is 15.6. The van der Waals surface area contributed by atoms with Crippen molar-refractivity contribution in [3.05, 3.63) is 35.2 Å². The Balaban J connectivity index is 1.29. The molecule has 5 atom stereocenters. The molecule has 41 heavy (non-hydrogen) atoms. The van der Waals surface area contributed by atoms with Gasteiger partial charge in [-0.1, -0.05) is 53.2 Å². The number of anilines is 1. The molecular weight excluding hydrogens is 538 g/mol. The number of fused-ring (bicyclic) bond motifs is 1. The number of ketones is 1. The zero-order chi connectivity index (χ0) is 29.5. The fourth-order valence-corrected chi connectivity index (χ4v) is 6.96. The first kappa shape index (κ1) is 29.7. The highest BCUT2D eigenvalue weighted by Gasteiger charge is 2.56. The van der Waals surface area contributed by atoms with E-state index in [1.807, 2.05) is 26.0 Å². The Labute approximate surface area is 247 Å². The van der Waals surface area contributed by atoms with Gasteiger partial charge in [0.2, 0.25) is 5.91 Å². The molecule has 1 N–H and O–H groups in total. The van der Waals surface area contributed by atoms with Crippen molar-refractivity contribution in [1.29, 1.82) is 0 Å². The topological polar surface area (TPSA) is 95.1 Å². The number of likely N-dealkylation sites (tertiary alicyclic amines) is 1. The number of carbonyl (C=O) groups excluding carboxylic acids is 3. The Hall–Kier alpha value is -2.82. The normalized spacial score (nSPS) is 24.8. The zero-order valence-electron chi connectivity index (χ0n) is 25.1. The smallest absolute Gasteiger partial charge is 0.251 e.